The van der Waals surface area contributed by atoms with Gasteiger partial charge in [-0.2, -0.15) is 11.8 Å². The molecule has 20 heavy (non-hydrogen) atoms. The number of nitro groups is 1. The van der Waals surface area contributed by atoms with Gasteiger partial charge in [0.2, 0.25) is 0 Å². The Labute approximate surface area is 121 Å². The van der Waals surface area contributed by atoms with Crippen molar-refractivity contribution in [1.29, 1.82) is 0 Å². The molecule has 5 nitrogen and oxygen atoms in total. The number of rotatable bonds is 5. The number of nitro benzene ring substituents is 1. The lowest BCUT2D eigenvalue weighted by atomic mass is 9.93. The molecule has 1 aliphatic rings. The Morgan fingerprint density at radius 1 is 1.45 bits per heavy atom. The highest BCUT2D eigenvalue weighted by Crippen LogP contribution is 2.30. The van der Waals surface area contributed by atoms with Crippen LogP contribution < -0.4 is 4.74 Å². The zero-order valence-corrected chi connectivity index (χ0v) is 12.1. The summed E-state index contributed by atoms with van der Waals surface area (Å²) in [7, 11) is 1.37. The number of methoxy groups -OCH3 is 1. The summed E-state index contributed by atoms with van der Waals surface area (Å²) >= 11 is 1.93. The first-order valence-corrected chi connectivity index (χ1v) is 7.70. The number of carbonyl (C=O) groups excluding carboxylic acids is 1. The van der Waals surface area contributed by atoms with E-state index in [2.05, 4.69) is 0 Å². The molecule has 1 heterocycles. The number of hydrogen-bond acceptors (Lipinski definition) is 5. The standard InChI is InChI=1S/C14H17NO4S/c1-19-14-9-11(2-3-12(14)15(17)18)13(16)8-10-4-6-20-7-5-10/h2-3,9-10H,4-8H2,1H3. The fourth-order valence-electron chi connectivity index (χ4n) is 2.33. The largest absolute Gasteiger partial charge is 0.490 e. The zero-order valence-electron chi connectivity index (χ0n) is 11.3. The summed E-state index contributed by atoms with van der Waals surface area (Å²) in [6, 6.07) is 4.32. The van der Waals surface area contributed by atoms with Gasteiger partial charge in [0, 0.05) is 18.1 Å². The number of ketones is 1. The first kappa shape index (κ1) is 14.8. The highest BCUT2D eigenvalue weighted by molar-refractivity contribution is 7.99. The lowest BCUT2D eigenvalue weighted by Gasteiger charge is -2.20. The molecule has 0 aromatic heterocycles. The van der Waals surface area contributed by atoms with Crippen molar-refractivity contribution in [2.45, 2.75) is 19.3 Å². The van der Waals surface area contributed by atoms with Gasteiger partial charge in [0.1, 0.15) is 0 Å². The minimum Gasteiger partial charge on any atom is -0.490 e. The number of benzene rings is 1. The summed E-state index contributed by atoms with van der Waals surface area (Å²) in [5.41, 5.74) is 0.379. The molecule has 1 aromatic carbocycles. The van der Waals surface area contributed by atoms with E-state index in [1.165, 1.54) is 25.3 Å². The van der Waals surface area contributed by atoms with Gasteiger partial charge in [-0.3, -0.25) is 14.9 Å². The quantitative estimate of drug-likeness (QED) is 0.473. The van der Waals surface area contributed by atoms with E-state index in [0.29, 0.717) is 17.9 Å². The minimum absolute atomic E-state index is 0.0371. The van der Waals surface area contributed by atoms with Crippen molar-refractivity contribution < 1.29 is 14.5 Å². The molecular formula is C14H17NO4S. The van der Waals surface area contributed by atoms with Crippen LogP contribution in [-0.2, 0) is 0 Å². The van der Waals surface area contributed by atoms with Gasteiger partial charge in [0.05, 0.1) is 12.0 Å². The second-order valence-electron chi connectivity index (χ2n) is 4.83. The Balaban J connectivity index is 2.11. The predicted octanol–water partition coefficient (Wildman–Crippen LogP) is 3.32. The number of ether oxygens (including phenoxy) is 1. The maximum Gasteiger partial charge on any atom is 0.310 e. The van der Waals surface area contributed by atoms with Crippen LogP contribution in [0.2, 0.25) is 0 Å². The molecule has 0 radical (unpaired) electrons. The summed E-state index contributed by atoms with van der Waals surface area (Å²) in [4.78, 5) is 22.5. The molecule has 0 spiro atoms. The summed E-state index contributed by atoms with van der Waals surface area (Å²) in [6.07, 6.45) is 2.66. The molecule has 0 bridgehead atoms. The van der Waals surface area contributed by atoms with Gasteiger partial charge in [0.25, 0.3) is 0 Å². The molecule has 1 aliphatic heterocycles. The Kier molecular flexibility index (Phi) is 5.00. The van der Waals surface area contributed by atoms with Crippen molar-refractivity contribution in [2.75, 3.05) is 18.6 Å². The summed E-state index contributed by atoms with van der Waals surface area (Å²) < 4.78 is 4.99. The molecule has 1 aromatic rings. The smallest absolute Gasteiger partial charge is 0.310 e. The van der Waals surface area contributed by atoms with Crippen LogP contribution in [0.15, 0.2) is 18.2 Å². The predicted molar refractivity (Wildman–Crippen MR) is 78.6 cm³/mol. The van der Waals surface area contributed by atoms with Gasteiger partial charge in [-0.15, -0.1) is 0 Å². The van der Waals surface area contributed by atoms with Gasteiger partial charge in [-0.05, 0) is 42.4 Å². The maximum atomic E-state index is 12.2. The molecule has 2 rings (SSSR count). The molecule has 0 unspecified atom stereocenters. The van der Waals surface area contributed by atoms with Gasteiger partial charge >= 0.3 is 5.69 Å². The summed E-state index contributed by atoms with van der Waals surface area (Å²) in [6.45, 7) is 0. The molecule has 1 saturated heterocycles. The lowest BCUT2D eigenvalue weighted by molar-refractivity contribution is -0.385. The molecule has 0 aliphatic carbocycles. The second-order valence-corrected chi connectivity index (χ2v) is 6.05. The Morgan fingerprint density at radius 3 is 2.75 bits per heavy atom. The average Bonchev–Trinajstić information content (AvgIpc) is 2.47. The van der Waals surface area contributed by atoms with Gasteiger partial charge in [0.15, 0.2) is 11.5 Å². The van der Waals surface area contributed by atoms with E-state index in [1.54, 1.807) is 0 Å². The number of nitrogens with zero attached hydrogens (tertiary/aromatic N) is 1. The highest BCUT2D eigenvalue weighted by Gasteiger charge is 2.21. The zero-order chi connectivity index (χ0) is 14.5. The molecule has 108 valence electrons. The van der Waals surface area contributed by atoms with E-state index in [0.717, 1.165) is 24.3 Å². The average molecular weight is 295 g/mol. The third-order valence-electron chi connectivity index (χ3n) is 3.51. The molecule has 0 N–H and O–H groups in total. The highest BCUT2D eigenvalue weighted by atomic mass is 32.2. The summed E-state index contributed by atoms with van der Waals surface area (Å²) in [5.74, 6) is 2.84. The van der Waals surface area contributed by atoms with E-state index < -0.39 is 4.92 Å². The molecular weight excluding hydrogens is 278 g/mol. The van der Waals surface area contributed by atoms with E-state index in [1.807, 2.05) is 11.8 Å². The van der Waals surface area contributed by atoms with Gasteiger partial charge in [-0.25, -0.2) is 0 Å². The van der Waals surface area contributed by atoms with E-state index in [9.17, 15) is 14.9 Å². The number of Topliss-reactive ketones (excluding diaryl/α,β-unsaturated/α-hetero) is 1. The van der Waals surface area contributed by atoms with Crippen LogP contribution in [0.1, 0.15) is 29.6 Å². The van der Waals surface area contributed by atoms with E-state index in [4.69, 9.17) is 4.74 Å². The minimum atomic E-state index is -0.508. The topological polar surface area (TPSA) is 69.4 Å². The van der Waals surface area contributed by atoms with Crippen LogP contribution in [0.5, 0.6) is 5.75 Å². The van der Waals surface area contributed by atoms with Gasteiger partial charge < -0.3 is 4.74 Å². The number of hydrogen-bond donors (Lipinski definition) is 0. The fourth-order valence-corrected chi connectivity index (χ4v) is 3.54. The number of carbonyl (C=O) groups is 1. The van der Waals surface area contributed by atoms with Gasteiger partial charge in [-0.1, -0.05) is 0 Å². The van der Waals surface area contributed by atoms with Crippen molar-refractivity contribution in [3.05, 3.63) is 33.9 Å². The monoisotopic (exact) mass is 295 g/mol. The molecule has 0 atom stereocenters. The summed E-state index contributed by atoms with van der Waals surface area (Å²) in [5, 5.41) is 10.8. The first-order valence-electron chi connectivity index (χ1n) is 6.55. The molecule has 0 saturated carbocycles. The molecule has 0 amide bonds. The maximum absolute atomic E-state index is 12.2. The lowest BCUT2D eigenvalue weighted by Crippen LogP contribution is -2.14. The Hall–Kier alpha value is -1.56. The molecule has 6 heteroatoms. The van der Waals surface area contributed by atoms with Crippen LogP contribution in [0.25, 0.3) is 0 Å². The number of thioether (sulfide) groups is 1. The second kappa shape index (κ2) is 6.74. The van der Waals surface area contributed by atoms with Crippen molar-refractivity contribution in [2.24, 2.45) is 5.92 Å². The fraction of sp³-hybridized carbons (Fsp3) is 0.500. The van der Waals surface area contributed by atoms with Crippen molar-refractivity contribution >= 4 is 23.2 Å². The van der Waals surface area contributed by atoms with E-state index in [-0.39, 0.29) is 17.2 Å². The third-order valence-corrected chi connectivity index (χ3v) is 4.56. The normalized spacial score (nSPS) is 15.8. The van der Waals surface area contributed by atoms with Crippen LogP contribution in [0, 0.1) is 16.0 Å². The third kappa shape index (κ3) is 3.50. The van der Waals surface area contributed by atoms with Crippen LogP contribution in [-0.4, -0.2) is 29.3 Å². The first-order chi connectivity index (χ1) is 9.61. The van der Waals surface area contributed by atoms with Crippen LogP contribution >= 0.6 is 11.8 Å². The van der Waals surface area contributed by atoms with Crippen LogP contribution in [0.3, 0.4) is 0 Å². The van der Waals surface area contributed by atoms with E-state index >= 15 is 0 Å². The molecule has 1 fully saturated rings. The Morgan fingerprint density at radius 2 is 2.15 bits per heavy atom. The van der Waals surface area contributed by atoms with Crippen molar-refractivity contribution in [3.8, 4) is 5.75 Å². The SMILES string of the molecule is COc1cc(C(=O)CC2CCSCC2)ccc1[N+](=O)[O-]. The van der Waals surface area contributed by atoms with Crippen molar-refractivity contribution in [3.63, 3.8) is 0 Å². The van der Waals surface area contributed by atoms with Crippen LogP contribution in [0.4, 0.5) is 5.69 Å². The van der Waals surface area contributed by atoms with Crippen molar-refractivity contribution in [1.82, 2.24) is 0 Å². The Bertz CT molecular complexity index is 512.